The van der Waals surface area contributed by atoms with Gasteiger partial charge in [0, 0.05) is 24.0 Å². The van der Waals surface area contributed by atoms with Crippen LogP contribution in [0.2, 0.25) is 0 Å². The normalized spacial score (nSPS) is 14.9. The molecule has 1 amide bonds. The van der Waals surface area contributed by atoms with Crippen LogP contribution < -0.4 is 11.1 Å². The van der Waals surface area contributed by atoms with Crippen LogP contribution in [0, 0.1) is 12.8 Å². The number of amides is 1. The lowest BCUT2D eigenvalue weighted by atomic mass is 10.1. The molecule has 1 saturated carbocycles. The Morgan fingerprint density at radius 3 is 2.67 bits per heavy atom. The van der Waals surface area contributed by atoms with Crippen molar-refractivity contribution in [3.05, 3.63) is 23.5 Å². The van der Waals surface area contributed by atoms with E-state index in [4.69, 9.17) is 5.73 Å². The minimum Gasteiger partial charge on any atom is -0.350 e. The van der Waals surface area contributed by atoms with Gasteiger partial charge in [0.25, 0.3) is 5.91 Å². The Balaban J connectivity index is 0.00000144. The first-order valence-corrected chi connectivity index (χ1v) is 7.86. The summed E-state index contributed by atoms with van der Waals surface area (Å²) in [7, 11) is 0. The van der Waals surface area contributed by atoms with Gasteiger partial charge in [0.2, 0.25) is 0 Å². The quantitative estimate of drug-likeness (QED) is 0.843. The molecule has 1 aliphatic carbocycles. The average Bonchev–Trinajstić information content (AvgIpc) is 3.24. The highest BCUT2D eigenvalue weighted by Gasteiger charge is 2.28. The van der Waals surface area contributed by atoms with E-state index in [9.17, 15) is 4.79 Å². The van der Waals surface area contributed by atoms with Crippen LogP contribution >= 0.6 is 24.8 Å². The molecule has 3 rings (SSSR count). The number of nitrogens with two attached hydrogens (primary N) is 1. The van der Waals surface area contributed by atoms with Gasteiger partial charge >= 0.3 is 0 Å². The molecule has 1 aliphatic rings. The number of fused-ring (bicyclic) bond motifs is 1. The summed E-state index contributed by atoms with van der Waals surface area (Å²) in [4.78, 5) is 16.9. The molecule has 134 valence electrons. The van der Waals surface area contributed by atoms with Crippen LogP contribution in [0.3, 0.4) is 0 Å². The molecular formula is C16H25Cl2N5O. The molecule has 0 radical (unpaired) electrons. The van der Waals surface area contributed by atoms with Crippen molar-refractivity contribution in [1.29, 1.82) is 0 Å². The SMILES string of the molecule is Cc1nc2c(cnn2C(C)C)cc1C(=O)NCC(N)C1CC1.Cl.Cl. The van der Waals surface area contributed by atoms with E-state index in [1.165, 1.54) is 12.8 Å². The van der Waals surface area contributed by atoms with Crippen molar-refractivity contribution >= 4 is 41.8 Å². The largest absolute Gasteiger partial charge is 0.350 e. The average molecular weight is 374 g/mol. The highest BCUT2D eigenvalue weighted by Crippen LogP contribution is 2.31. The molecule has 0 aliphatic heterocycles. The molecule has 8 heteroatoms. The van der Waals surface area contributed by atoms with E-state index in [0.29, 0.717) is 23.7 Å². The smallest absolute Gasteiger partial charge is 0.253 e. The first kappa shape index (κ1) is 20.7. The Hall–Kier alpha value is -1.37. The molecule has 24 heavy (non-hydrogen) atoms. The third-order valence-electron chi connectivity index (χ3n) is 4.22. The van der Waals surface area contributed by atoms with Gasteiger partial charge in [0.05, 0.1) is 17.5 Å². The third-order valence-corrected chi connectivity index (χ3v) is 4.22. The highest BCUT2D eigenvalue weighted by atomic mass is 35.5. The summed E-state index contributed by atoms with van der Waals surface area (Å²) in [5, 5.41) is 8.15. The van der Waals surface area contributed by atoms with Crippen molar-refractivity contribution in [3.8, 4) is 0 Å². The Labute approximate surface area is 154 Å². The van der Waals surface area contributed by atoms with Crippen LogP contribution in [0.25, 0.3) is 11.0 Å². The molecular weight excluding hydrogens is 349 g/mol. The van der Waals surface area contributed by atoms with Crippen molar-refractivity contribution in [2.75, 3.05) is 6.54 Å². The highest BCUT2D eigenvalue weighted by molar-refractivity contribution is 5.98. The zero-order chi connectivity index (χ0) is 15.9. The van der Waals surface area contributed by atoms with E-state index >= 15 is 0 Å². The van der Waals surface area contributed by atoms with Gasteiger partial charge < -0.3 is 11.1 Å². The molecule has 2 aromatic rings. The van der Waals surface area contributed by atoms with Crippen molar-refractivity contribution in [3.63, 3.8) is 0 Å². The van der Waals surface area contributed by atoms with Crippen LogP contribution in [-0.2, 0) is 0 Å². The zero-order valence-electron chi connectivity index (χ0n) is 14.2. The first-order valence-electron chi connectivity index (χ1n) is 7.86. The minimum atomic E-state index is -0.111. The van der Waals surface area contributed by atoms with Gasteiger partial charge in [-0.05, 0) is 45.6 Å². The predicted molar refractivity (Wildman–Crippen MR) is 100 cm³/mol. The van der Waals surface area contributed by atoms with Crippen LogP contribution in [0.15, 0.2) is 12.3 Å². The lowest BCUT2D eigenvalue weighted by Gasteiger charge is -2.13. The second-order valence-electron chi connectivity index (χ2n) is 6.43. The molecule has 6 nitrogen and oxygen atoms in total. The third kappa shape index (κ3) is 4.18. The van der Waals surface area contributed by atoms with E-state index < -0.39 is 0 Å². The molecule has 3 N–H and O–H groups in total. The summed E-state index contributed by atoms with van der Waals surface area (Å²) in [6, 6.07) is 2.16. The second-order valence-corrected chi connectivity index (χ2v) is 6.43. The number of carbonyl (C=O) groups is 1. The van der Waals surface area contributed by atoms with E-state index in [0.717, 1.165) is 11.0 Å². The van der Waals surface area contributed by atoms with E-state index in [1.807, 2.05) is 17.7 Å². The van der Waals surface area contributed by atoms with Gasteiger partial charge in [-0.15, -0.1) is 24.8 Å². The lowest BCUT2D eigenvalue weighted by Crippen LogP contribution is -2.38. The summed E-state index contributed by atoms with van der Waals surface area (Å²) in [5.41, 5.74) is 8.16. The lowest BCUT2D eigenvalue weighted by molar-refractivity contribution is 0.0949. The number of hydrogen-bond acceptors (Lipinski definition) is 4. The van der Waals surface area contributed by atoms with Crippen LogP contribution in [0.5, 0.6) is 0 Å². The molecule has 0 aromatic carbocycles. The molecule has 0 bridgehead atoms. The van der Waals surface area contributed by atoms with Crippen molar-refractivity contribution in [2.45, 2.75) is 45.7 Å². The fraction of sp³-hybridized carbons (Fsp3) is 0.562. The number of aromatic nitrogens is 3. The summed E-state index contributed by atoms with van der Waals surface area (Å²) >= 11 is 0. The van der Waals surface area contributed by atoms with Gasteiger partial charge in [0.15, 0.2) is 5.65 Å². The van der Waals surface area contributed by atoms with Gasteiger partial charge in [-0.2, -0.15) is 5.10 Å². The predicted octanol–water partition coefficient (Wildman–Crippen LogP) is 2.63. The van der Waals surface area contributed by atoms with Crippen LogP contribution in [-0.4, -0.2) is 33.3 Å². The minimum absolute atomic E-state index is 0. The van der Waals surface area contributed by atoms with Crippen LogP contribution in [0.1, 0.15) is 48.8 Å². The topological polar surface area (TPSA) is 85.8 Å². The molecule has 1 unspecified atom stereocenters. The van der Waals surface area contributed by atoms with Gasteiger partial charge in [0.1, 0.15) is 0 Å². The maximum absolute atomic E-state index is 12.4. The van der Waals surface area contributed by atoms with Gasteiger partial charge in [-0.1, -0.05) is 0 Å². The monoisotopic (exact) mass is 373 g/mol. The number of nitrogens with zero attached hydrogens (tertiary/aromatic N) is 3. The Morgan fingerprint density at radius 2 is 2.08 bits per heavy atom. The molecule has 1 fully saturated rings. The van der Waals surface area contributed by atoms with Crippen molar-refractivity contribution in [1.82, 2.24) is 20.1 Å². The van der Waals surface area contributed by atoms with Crippen molar-refractivity contribution < 1.29 is 4.79 Å². The van der Waals surface area contributed by atoms with E-state index in [-0.39, 0.29) is 42.8 Å². The molecule has 2 aromatic heterocycles. The summed E-state index contributed by atoms with van der Waals surface area (Å²) in [6.45, 7) is 6.49. The Kier molecular flexibility index (Phi) is 7.01. The number of rotatable bonds is 5. The second kappa shape index (κ2) is 8.14. The first-order chi connectivity index (χ1) is 10.5. The Morgan fingerprint density at radius 1 is 1.42 bits per heavy atom. The molecule has 2 heterocycles. The fourth-order valence-corrected chi connectivity index (χ4v) is 2.67. The number of nitrogens with one attached hydrogen (secondary N) is 1. The van der Waals surface area contributed by atoms with E-state index in [1.54, 1.807) is 6.20 Å². The number of aryl methyl sites for hydroxylation is 1. The van der Waals surface area contributed by atoms with E-state index in [2.05, 4.69) is 29.2 Å². The molecule has 1 atom stereocenters. The fourth-order valence-electron chi connectivity index (χ4n) is 2.67. The standard InChI is InChI=1S/C16H23N5O.2ClH/c1-9(2)21-15-12(7-19-21)6-13(10(3)20-15)16(22)18-8-14(17)11-4-5-11;;/h6-7,9,11,14H,4-5,8,17H2,1-3H3,(H,18,22);2*1H. The summed E-state index contributed by atoms with van der Waals surface area (Å²) < 4.78 is 1.87. The zero-order valence-corrected chi connectivity index (χ0v) is 15.8. The summed E-state index contributed by atoms with van der Waals surface area (Å²) in [5.74, 6) is 0.464. The number of halogens is 2. The van der Waals surface area contributed by atoms with Gasteiger partial charge in [-0.25, -0.2) is 9.67 Å². The maximum Gasteiger partial charge on any atom is 0.253 e. The van der Waals surface area contributed by atoms with Crippen LogP contribution in [0.4, 0.5) is 0 Å². The maximum atomic E-state index is 12.4. The Bertz CT molecular complexity index is 712. The van der Waals surface area contributed by atoms with Gasteiger partial charge in [-0.3, -0.25) is 4.79 Å². The number of carbonyl (C=O) groups excluding carboxylic acids is 1. The molecule has 0 saturated heterocycles. The molecule has 0 spiro atoms. The van der Waals surface area contributed by atoms with Crippen molar-refractivity contribution in [2.24, 2.45) is 11.7 Å². The number of pyridine rings is 1. The number of hydrogen-bond donors (Lipinski definition) is 2. The summed E-state index contributed by atoms with van der Waals surface area (Å²) in [6.07, 6.45) is 4.12.